The Hall–Kier alpha value is -0.360. The van der Waals surface area contributed by atoms with E-state index in [9.17, 15) is 0 Å². The van der Waals surface area contributed by atoms with Crippen molar-refractivity contribution in [3.63, 3.8) is 0 Å². The molecular formula is C10H15IN2S. The first kappa shape index (κ1) is 13.6. The maximum Gasteiger partial charge on any atom is 0.168 e. The minimum Gasteiger partial charge on any atom is -0.359 e. The van der Waals surface area contributed by atoms with Gasteiger partial charge in [0.2, 0.25) is 0 Å². The molecule has 0 amide bonds. The third-order valence-electron chi connectivity index (χ3n) is 1.69. The Morgan fingerprint density at radius 1 is 1.29 bits per heavy atom. The quantitative estimate of drug-likeness (QED) is 0.664. The molecule has 0 unspecified atom stereocenters. The fourth-order valence-corrected chi connectivity index (χ4v) is 1.00. The van der Waals surface area contributed by atoms with Crippen molar-refractivity contribution >= 4 is 41.3 Å². The molecule has 0 aromatic heterocycles. The van der Waals surface area contributed by atoms with Crippen LogP contribution in [0.15, 0.2) is 30.3 Å². The molecule has 0 aliphatic carbocycles. The summed E-state index contributed by atoms with van der Waals surface area (Å²) in [5.41, 5.74) is 1.24. The van der Waals surface area contributed by atoms with Gasteiger partial charge >= 0.3 is 0 Å². The standard InChI is InChI=1S/C10H14N2S.HI/c1-12(2)10(13)11-8-9-6-4-3-5-7-9;/h3-7H,8H2,1-2H3,(H,11,13);1H. The summed E-state index contributed by atoms with van der Waals surface area (Å²) >= 11 is 5.09. The fourth-order valence-electron chi connectivity index (χ4n) is 0.932. The van der Waals surface area contributed by atoms with Crippen LogP contribution in [0.25, 0.3) is 0 Å². The molecule has 1 rings (SSSR count). The van der Waals surface area contributed by atoms with Crippen LogP contribution >= 0.6 is 36.2 Å². The predicted octanol–water partition coefficient (Wildman–Crippen LogP) is 2.24. The van der Waals surface area contributed by atoms with E-state index < -0.39 is 0 Å². The number of halogens is 1. The van der Waals surface area contributed by atoms with Gasteiger partial charge in [-0.3, -0.25) is 0 Å². The highest BCUT2D eigenvalue weighted by molar-refractivity contribution is 14.0. The number of hydrogen-bond donors (Lipinski definition) is 1. The molecule has 0 bridgehead atoms. The molecule has 0 aliphatic rings. The van der Waals surface area contributed by atoms with Crippen molar-refractivity contribution in [1.29, 1.82) is 0 Å². The Bertz CT molecular complexity index is 275. The first-order valence-corrected chi connectivity index (χ1v) is 4.60. The molecule has 0 spiro atoms. The third kappa shape index (κ3) is 4.76. The van der Waals surface area contributed by atoms with Crippen LogP contribution in [0.1, 0.15) is 5.56 Å². The van der Waals surface area contributed by atoms with E-state index in [1.807, 2.05) is 37.2 Å². The number of nitrogens with zero attached hydrogens (tertiary/aromatic N) is 1. The molecule has 1 N–H and O–H groups in total. The average Bonchev–Trinajstić information content (AvgIpc) is 2.15. The van der Waals surface area contributed by atoms with Crippen molar-refractivity contribution in [3.8, 4) is 0 Å². The maximum atomic E-state index is 5.09. The lowest BCUT2D eigenvalue weighted by Crippen LogP contribution is -2.33. The zero-order valence-electron chi connectivity index (χ0n) is 8.36. The van der Waals surface area contributed by atoms with Crippen molar-refractivity contribution in [2.45, 2.75) is 6.54 Å². The summed E-state index contributed by atoms with van der Waals surface area (Å²) in [6.45, 7) is 0.790. The molecule has 0 radical (unpaired) electrons. The van der Waals surface area contributed by atoms with Gasteiger partial charge in [0.05, 0.1) is 0 Å². The van der Waals surface area contributed by atoms with Gasteiger partial charge in [-0.15, -0.1) is 24.0 Å². The maximum absolute atomic E-state index is 5.09. The third-order valence-corrected chi connectivity index (χ3v) is 2.20. The number of nitrogens with one attached hydrogen (secondary N) is 1. The topological polar surface area (TPSA) is 15.3 Å². The number of hydrogen-bond acceptors (Lipinski definition) is 1. The molecule has 78 valence electrons. The molecule has 0 atom stereocenters. The van der Waals surface area contributed by atoms with Gasteiger partial charge < -0.3 is 10.2 Å². The van der Waals surface area contributed by atoms with Gasteiger partial charge in [-0.1, -0.05) is 30.3 Å². The summed E-state index contributed by atoms with van der Waals surface area (Å²) in [4.78, 5) is 1.89. The van der Waals surface area contributed by atoms with Crippen LogP contribution in [-0.4, -0.2) is 24.1 Å². The minimum absolute atomic E-state index is 0. The molecule has 1 aromatic rings. The summed E-state index contributed by atoms with van der Waals surface area (Å²) in [5, 5.41) is 3.92. The van der Waals surface area contributed by atoms with Crippen LogP contribution in [-0.2, 0) is 6.54 Å². The normalized spacial score (nSPS) is 8.71. The van der Waals surface area contributed by atoms with E-state index in [1.54, 1.807) is 0 Å². The number of benzene rings is 1. The van der Waals surface area contributed by atoms with Crippen molar-refractivity contribution in [1.82, 2.24) is 10.2 Å². The number of rotatable bonds is 2. The van der Waals surface area contributed by atoms with Gasteiger partial charge in [0, 0.05) is 20.6 Å². The van der Waals surface area contributed by atoms with E-state index >= 15 is 0 Å². The first-order valence-electron chi connectivity index (χ1n) is 4.19. The van der Waals surface area contributed by atoms with E-state index in [0.29, 0.717) is 0 Å². The molecule has 0 saturated carbocycles. The van der Waals surface area contributed by atoms with Crippen molar-refractivity contribution in [2.24, 2.45) is 0 Å². The Balaban J connectivity index is 0.00000169. The molecule has 0 heterocycles. The lowest BCUT2D eigenvalue weighted by atomic mass is 10.2. The van der Waals surface area contributed by atoms with E-state index in [2.05, 4.69) is 17.4 Å². The minimum atomic E-state index is 0. The molecule has 14 heavy (non-hydrogen) atoms. The monoisotopic (exact) mass is 322 g/mol. The van der Waals surface area contributed by atoms with Crippen molar-refractivity contribution in [2.75, 3.05) is 14.1 Å². The number of thiocarbonyl (C=S) groups is 1. The van der Waals surface area contributed by atoms with E-state index in [-0.39, 0.29) is 24.0 Å². The second kappa shape index (κ2) is 7.00. The molecule has 1 aromatic carbocycles. The van der Waals surface area contributed by atoms with Gasteiger partial charge in [-0.2, -0.15) is 0 Å². The summed E-state index contributed by atoms with van der Waals surface area (Å²) in [6, 6.07) is 10.2. The lowest BCUT2D eigenvalue weighted by Gasteiger charge is -2.15. The largest absolute Gasteiger partial charge is 0.359 e. The van der Waals surface area contributed by atoms with Gasteiger partial charge in [0.15, 0.2) is 5.11 Å². The zero-order chi connectivity index (χ0) is 9.68. The van der Waals surface area contributed by atoms with E-state index in [4.69, 9.17) is 12.2 Å². The van der Waals surface area contributed by atoms with Gasteiger partial charge in [-0.25, -0.2) is 0 Å². The Morgan fingerprint density at radius 3 is 2.36 bits per heavy atom. The van der Waals surface area contributed by atoms with Crippen molar-refractivity contribution in [3.05, 3.63) is 35.9 Å². The van der Waals surface area contributed by atoms with Crippen LogP contribution in [0.5, 0.6) is 0 Å². The summed E-state index contributed by atoms with van der Waals surface area (Å²) < 4.78 is 0. The fraction of sp³-hybridized carbons (Fsp3) is 0.300. The highest BCUT2D eigenvalue weighted by Crippen LogP contribution is 1.97. The van der Waals surface area contributed by atoms with Crippen LogP contribution < -0.4 is 5.32 Å². The smallest absolute Gasteiger partial charge is 0.168 e. The lowest BCUT2D eigenvalue weighted by molar-refractivity contribution is 0.600. The Morgan fingerprint density at radius 2 is 1.86 bits per heavy atom. The molecule has 0 fully saturated rings. The molecule has 0 saturated heterocycles. The van der Waals surface area contributed by atoms with Crippen LogP contribution in [0.4, 0.5) is 0 Å². The Labute approximate surface area is 108 Å². The SMILES string of the molecule is CN(C)C(=S)NCc1ccccc1.I. The molecule has 0 aliphatic heterocycles. The highest BCUT2D eigenvalue weighted by Gasteiger charge is 1.96. The summed E-state index contributed by atoms with van der Waals surface area (Å²) in [6.07, 6.45) is 0. The first-order chi connectivity index (χ1) is 6.20. The second-order valence-electron chi connectivity index (χ2n) is 3.04. The van der Waals surface area contributed by atoms with Crippen LogP contribution in [0.3, 0.4) is 0 Å². The van der Waals surface area contributed by atoms with Crippen LogP contribution in [0.2, 0.25) is 0 Å². The predicted molar refractivity (Wildman–Crippen MR) is 75.0 cm³/mol. The zero-order valence-corrected chi connectivity index (χ0v) is 11.5. The summed E-state index contributed by atoms with van der Waals surface area (Å²) in [7, 11) is 3.86. The van der Waals surface area contributed by atoms with Gasteiger partial charge in [-0.05, 0) is 17.8 Å². The van der Waals surface area contributed by atoms with Crippen molar-refractivity contribution < 1.29 is 0 Å². The van der Waals surface area contributed by atoms with Gasteiger partial charge in [0.1, 0.15) is 0 Å². The molecular weight excluding hydrogens is 307 g/mol. The Kier molecular flexibility index (Phi) is 6.82. The second-order valence-corrected chi connectivity index (χ2v) is 3.43. The molecule has 2 nitrogen and oxygen atoms in total. The van der Waals surface area contributed by atoms with E-state index in [0.717, 1.165) is 11.7 Å². The van der Waals surface area contributed by atoms with Gasteiger partial charge in [0.25, 0.3) is 0 Å². The highest BCUT2D eigenvalue weighted by atomic mass is 127. The van der Waals surface area contributed by atoms with Crippen LogP contribution in [0, 0.1) is 0 Å². The summed E-state index contributed by atoms with van der Waals surface area (Å²) in [5.74, 6) is 0. The average molecular weight is 322 g/mol. The van der Waals surface area contributed by atoms with E-state index in [1.165, 1.54) is 5.56 Å². The molecule has 4 heteroatoms.